The van der Waals surface area contributed by atoms with E-state index in [0.29, 0.717) is 11.1 Å². The van der Waals surface area contributed by atoms with Crippen LogP contribution in [0.2, 0.25) is 0 Å². The summed E-state index contributed by atoms with van der Waals surface area (Å²) in [6, 6.07) is 15.4. The highest BCUT2D eigenvalue weighted by Gasteiger charge is 2.48. The van der Waals surface area contributed by atoms with Gasteiger partial charge in [-0.15, -0.1) is 0 Å². The molecule has 0 saturated carbocycles. The Morgan fingerprint density at radius 2 is 1.65 bits per heavy atom. The quantitative estimate of drug-likeness (QED) is 0.614. The summed E-state index contributed by atoms with van der Waals surface area (Å²) in [4.78, 5) is 31.5. The fraction of sp³-hybridized carbons (Fsp3) is 0.261. The molecule has 1 aromatic heterocycles. The van der Waals surface area contributed by atoms with E-state index < -0.39 is 29.1 Å². The summed E-state index contributed by atoms with van der Waals surface area (Å²) < 4.78 is 39.7. The van der Waals surface area contributed by atoms with Gasteiger partial charge >= 0.3 is 6.18 Å². The lowest BCUT2D eigenvalue weighted by Crippen LogP contribution is -2.36. The fourth-order valence-electron chi connectivity index (χ4n) is 3.01. The monoisotopic (exact) mass is 429 g/mol. The van der Waals surface area contributed by atoms with E-state index in [1.54, 1.807) is 43.3 Å². The van der Waals surface area contributed by atoms with Crippen LogP contribution in [0.1, 0.15) is 48.4 Å². The highest BCUT2D eigenvalue weighted by atomic mass is 19.4. The molecule has 0 aliphatic rings. The van der Waals surface area contributed by atoms with Gasteiger partial charge in [0.15, 0.2) is 0 Å². The molecule has 2 N–H and O–H groups in total. The predicted octanol–water partition coefficient (Wildman–Crippen LogP) is 4.77. The standard InChI is InChI=1S/C23H22F3N3O2/c1-14(15-9-11-17(12-10-15)22(2,3)23(24,25)26)27-21(31)18-13-19(30)29-20(28-18)16-7-5-4-6-8-16/h4-14H,1-3H3,(H,27,31)(H,28,29,30)/t14-/m0/s1. The third kappa shape index (κ3) is 4.84. The molecule has 5 nitrogen and oxygen atoms in total. The van der Waals surface area contributed by atoms with E-state index in [-0.39, 0.29) is 17.1 Å². The van der Waals surface area contributed by atoms with Crippen molar-refractivity contribution < 1.29 is 18.0 Å². The van der Waals surface area contributed by atoms with Crippen LogP contribution < -0.4 is 10.9 Å². The van der Waals surface area contributed by atoms with Crippen LogP contribution in [0.25, 0.3) is 11.4 Å². The molecule has 0 fully saturated rings. The van der Waals surface area contributed by atoms with E-state index in [4.69, 9.17) is 0 Å². The fourth-order valence-corrected chi connectivity index (χ4v) is 3.01. The molecule has 2 aromatic carbocycles. The zero-order valence-corrected chi connectivity index (χ0v) is 17.2. The molecule has 1 amide bonds. The van der Waals surface area contributed by atoms with E-state index in [0.717, 1.165) is 19.9 Å². The van der Waals surface area contributed by atoms with Crippen LogP contribution in [-0.2, 0) is 5.41 Å². The summed E-state index contributed by atoms with van der Waals surface area (Å²) in [5.74, 6) is -0.292. The number of rotatable bonds is 5. The van der Waals surface area contributed by atoms with Crippen LogP contribution in [0.15, 0.2) is 65.5 Å². The second-order valence-electron chi connectivity index (χ2n) is 7.79. The molecule has 0 saturated heterocycles. The normalized spacial score (nSPS) is 13.0. The Balaban J connectivity index is 1.78. The van der Waals surface area contributed by atoms with Crippen molar-refractivity contribution >= 4 is 5.91 Å². The third-order valence-electron chi connectivity index (χ3n) is 5.21. The van der Waals surface area contributed by atoms with Gasteiger partial charge in [-0.05, 0) is 31.9 Å². The molecule has 0 aliphatic carbocycles. The lowest BCUT2D eigenvalue weighted by atomic mass is 9.83. The summed E-state index contributed by atoms with van der Waals surface area (Å²) in [5.41, 5.74) is -1.09. The molecule has 162 valence electrons. The van der Waals surface area contributed by atoms with Crippen molar-refractivity contribution in [3.63, 3.8) is 0 Å². The molecule has 0 bridgehead atoms. The average Bonchev–Trinajstić information content (AvgIpc) is 2.73. The lowest BCUT2D eigenvalue weighted by molar-refractivity contribution is -0.180. The number of carbonyl (C=O) groups excluding carboxylic acids is 1. The van der Waals surface area contributed by atoms with Gasteiger partial charge in [-0.2, -0.15) is 13.2 Å². The Morgan fingerprint density at radius 1 is 1.03 bits per heavy atom. The minimum atomic E-state index is -4.38. The molecular formula is C23H22F3N3O2. The Kier molecular flexibility index (Phi) is 6.01. The molecule has 0 spiro atoms. The summed E-state index contributed by atoms with van der Waals surface area (Å²) >= 11 is 0. The Morgan fingerprint density at radius 3 is 2.23 bits per heavy atom. The van der Waals surface area contributed by atoms with E-state index in [1.165, 1.54) is 12.1 Å². The number of hydrogen-bond donors (Lipinski definition) is 2. The number of hydrogen-bond acceptors (Lipinski definition) is 3. The van der Waals surface area contributed by atoms with Gasteiger partial charge in [0.25, 0.3) is 11.5 Å². The first kappa shape index (κ1) is 22.3. The second kappa shape index (κ2) is 8.37. The molecule has 8 heteroatoms. The number of carbonyl (C=O) groups is 1. The van der Waals surface area contributed by atoms with Crippen molar-refractivity contribution in [1.29, 1.82) is 0 Å². The summed E-state index contributed by atoms with van der Waals surface area (Å²) in [7, 11) is 0. The maximum Gasteiger partial charge on any atom is 0.397 e. The lowest BCUT2D eigenvalue weighted by Gasteiger charge is -2.28. The van der Waals surface area contributed by atoms with Crippen LogP contribution in [0, 0.1) is 0 Å². The topological polar surface area (TPSA) is 74.8 Å². The van der Waals surface area contributed by atoms with Crippen molar-refractivity contribution in [3.05, 3.63) is 87.8 Å². The number of aromatic nitrogens is 2. The van der Waals surface area contributed by atoms with Gasteiger partial charge in [-0.1, -0.05) is 54.6 Å². The number of nitrogens with zero attached hydrogens (tertiary/aromatic N) is 1. The molecule has 0 radical (unpaired) electrons. The highest BCUT2D eigenvalue weighted by Crippen LogP contribution is 2.40. The summed E-state index contributed by atoms with van der Waals surface area (Å²) in [5, 5.41) is 2.73. The molecule has 1 heterocycles. The van der Waals surface area contributed by atoms with Crippen molar-refractivity contribution in [1.82, 2.24) is 15.3 Å². The number of nitrogens with one attached hydrogen (secondary N) is 2. The van der Waals surface area contributed by atoms with Gasteiger partial charge in [0.05, 0.1) is 11.5 Å². The van der Waals surface area contributed by atoms with E-state index in [9.17, 15) is 22.8 Å². The number of aromatic amines is 1. The zero-order valence-electron chi connectivity index (χ0n) is 17.2. The molecule has 0 aliphatic heterocycles. The Hall–Kier alpha value is -3.42. The zero-order chi connectivity index (χ0) is 22.8. The van der Waals surface area contributed by atoms with Crippen molar-refractivity contribution in [2.75, 3.05) is 0 Å². The van der Waals surface area contributed by atoms with Gasteiger partial charge < -0.3 is 10.3 Å². The van der Waals surface area contributed by atoms with Crippen molar-refractivity contribution in [2.45, 2.75) is 38.4 Å². The minimum absolute atomic E-state index is 0.0516. The van der Waals surface area contributed by atoms with Crippen LogP contribution in [-0.4, -0.2) is 22.1 Å². The van der Waals surface area contributed by atoms with Crippen molar-refractivity contribution in [3.8, 4) is 11.4 Å². The number of halogens is 3. The molecular weight excluding hydrogens is 407 g/mol. The van der Waals surface area contributed by atoms with Gasteiger partial charge in [-0.25, -0.2) is 4.98 Å². The maximum absolute atomic E-state index is 13.2. The predicted molar refractivity (Wildman–Crippen MR) is 112 cm³/mol. The first-order chi connectivity index (χ1) is 14.5. The maximum atomic E-state index is 13.2. The van der Waals surface area contributed by atoms with E-state index in [1.807, 2.05) is 6.07 Å². The van der Waals surface area contributed by atoms with Crippen LogP contribution in [0.4, 0.5) is 13.2 Å². The third-order valence-corrected chi connectivity index (χ3v) is 5.21. The van der Waals surface area contributed by atoms with Gasteiger partial charge in [0, 0.05) is 11.6 Å². The number of H-pyrrole nitrogens is 1. The minimum Gasteiger partial charge on any atom is -0.344 e. The first-order valence-electron chi connectivity index (χ1n) is 9.64. The van der Waals surface area contributed by atoms with Crippen molar-refractivity contribution in [2.24, 2.45) is 0 Å². The first-order valence-corrected chi connectivity index (χ1v) is 9.64. The molecule has 3 aromatic rings. The number of amides is 1. The largest absolute Gasteiger partial charge is 0.397 e. The molecule has 1 atom stereocenters. The molecule has 0 unspecified atom stereocenters. The van der Waals surface area contributed by atoms with Gasteiger partial charge in [0.1, 0.15) is 11.5 Å². The average molecular weight is 429 g/mol. The molecule has 31 heavy (non-hydrogen) atoms. The van der Waals surface area contributed by atoms with E-state index in [2.05, 4.69) is 15.3 Å². The molecule has 3 rings (SSSR count). The Labute approximate surface area is 177 Å². The van der Waals surface area contributed by atoms with Crippen LogP contribution in [0.3, 0.4) is 0 Å². The van der Waals surface area contributed by atoms with Gasteiger partial charge in [-0.3, -0.25) is 9.59 Å². The highest BCUT2D eigenvalue weighted by molar-refractivity contribution is 5.92. The van der Waals surface area contributed by atoms with E-state index >= 15 is 0 Å². The second-order valence-corrected chi connectivity index (χ2v) is 7.79. The number of benzene rings is 2. The number of alkyl halides is 3. The van der Waals surface area contributed by atoms with Crippen LogP contribution in [0.5, 0.6) is 0 Å². The summed E-state index contributed by atoms with van der Waals surface area (Å²) in [6.07, 6.45) is -4.38. The SMILES string of the molecule is C[C@H](NC(=O)c1cc(=O)[nH]c(-c2ccccc2)n1)c1ccc(C(C)(C)C(F)(F)F)cc1. The summed E-state index contributed by atoms with van der Waals surface area (Å²) in [6.45, 7) is 3.94. The van der Waals surface area contributed by atoms with Gasteiger partial charge in [0.2, 0.25) is 0 Å². The Bertz CT molecular complexity index is 1120. The van der Waals surface area contributed by atoms with Crippen LogP contribution >= 0.6 is 0 Å². The smallest absolute Gasteiger partial charge is 0.344 e.